The highest BCUT2D eigenvalue weighted by Gasteiger charge is 2.26. The molecule has 2 heteroatoms. The van der Waals surface area contributed by atoms with E-state index < -0.39 is 0 Å². The van der Waals surface area contributed by atoms with E-state index in [1.807, 2.05) is 31.2 Å². The van der Waals surface area contributed by atoms with Crippen LogP contribution in [-0.2, 0) is 0 Å². The van der Waals surface area contributed by atoms with Gasteiger partial charge in [0.05, 0.1) is 0 Å². The Bertz CT molecular complexity index is 614. The largest absolute Gasteiger partial charge is 0.399 e. The maximum Gasteiger partial charge on any atom is 0.194 e. The molecule has 0 bridgehead atoms. The second kappa shape index (κ2) is 2.95. The van der Waals surface area contributed by atoms with Crippen LogP contribution in [-0.4, -0.2) is 5.78 Å². The third-order valence-corrected chi connectivity index (χ3v) is 3.00. The van der Waals surface area contributed by atoms with Crippen molar-refractivity contribution in [1.82, 2.24) is 0 Å². The number of nitrogen functional groups attached to an aromatic ring is 1. The average Bonchev–Trinajstić information content (AvgIpc) is 2.52. The van der Waals surface area contributed by atoms with E-state index in [1.54, 1.807) is 6.07 Å². The van der Waals surface area contributed by atoms with Gasteiger partial charge >= 0.3 is 0 Å². The van der Waals surface area contributed by atoms with Crippen molar-refractivity contribution in [3.8, 4) is 11.1 Å². The summed E-state index contributed by atoms with van der Waals surface area (Å²) in [6.45, 7) is 2.03. The van der Waals surface area contributed by atoms with E-state index in [-0.39, 0.29) is 5.78 Å². The lowest BCUT2D eigenvalue weighted by molar-refractivity contribution is 0.104. The maximum absolute atomic E-state index is 12.1. The zero-order valence-corrected chi connectivity index (χ0v) is 8.95. The van der Waals surface area contributed by atoms with Crippen molar-refractivity contribution in [2.45, 2.75) is 6.92 Å². The van der Waals surface area contributed by atoms with Crippen molar-refractivity contribution in [2.75, 3.05) is 5.73 Å². The third-order valence-electron chi connectivity index (χ3n) is 3.00. The second-order valence-electron chi connectivity index (χ2n) is 4.18. The van der Waals surface area contributed by atoms with Gasteiger partial charge in [-0.3, -0.25) is 4.79 Å². The van der Waals surface area contributed by atoms with E-state index in [0.29, 0.717) is 5.69 Å². The van der Waals surface area contributed by atoms with Crippen LogP contribution in [0, 0.1) is 6.92 Å². The minimum atomic E-state index is 0.0808. The van der Waals surface area contributed by atoms with Gasteiger partial charge in [0.1, 0.15) is 0 Å². The van der Waals surface area contributed by atoms with Gasteiger partial charge in [0.25, 0.3) is 0 Å². The van der Waals surface area contributed by atoms with Crippen LogP contribution >= 0.6 is 0 Å². The van der Waals surface area contributed by atoms with Gasteiger partial charge in [-0.1, -0.05) is 29.8 Å². The predicted octanol–water partition coefficient (Wildman–Crippen LogP) is 2.79. The summed E-state index contributed by atoms with van der Waals surface area (Å²) in [6, 6.07) is 11.4. The molecule has 78 valence electrons. The predicted molar refractivity (Wildman–Crippen MR) is 64.5 cm³/mol. The van der Waals surface area contributed by atoms with Crippen molar-refractivity contribution in [3.63, 3.8) is 0 Å². The summed E-state index contributed by atoms with van der Waals surface area (Å²) < 4.78 is 0. The van der Waals surface area contributed by atoms with Crippen molar-refractivity contribution < 1.29 is 4.79 Å². The Labute approximate surface area is 93.7 Å². The monoisotopic (exact) mass is 209 g/mol. The zero-order chi connectivity index (χ0) is 11.3. The number of fused-ring (bicyclic) bond motifs is 3. The Kier molecular flexibility index (Phi) is 1.69. The summed E-state index contributed by atoms with van der Waals surface area (Å²) in [5.41, 5.74) is 11.0. The van der Waals surface area contributed by atoms with Gasteiger partial charge in [-0.05, 0) is 30.2 Å². The molecule has 0 spiro atoms. The Morgan fingerprint density at radius 3 is 2.44 bits per heavy atom. The summed E-state index contributed by atoms with van der Waals surface area (Å²) >= 11 is 0. The minimum absolute atomic E-state index is 0.0808. The summed E-state index contributed by atoms with van der Waals surface area (Å²) in [5, 5.41) is 0. The molecule has 0 aromatic heterocycles. The average molecular weight is 209 g/mol. The zero-order valence-electron chi connectivity index (χ0n) is 8.95. The topological polar surface area (TPSA) is 43.1 Å². The molecule has 0 saturated carbocycles. The van der Waals surface area contributed by atoms with E-state index in [2.05, 4.69) is 6.07 Å². The highest BCUT2D eigenvalue weighted by atomic mass is 16.1. The number of benzene rings is 2. The summed E-state index contributed by atoms with van der Waals surface area (Å²) in [4.78, 5) is 12.1. The molecule has 16 heavy (non-hydrogen) atoms. The normalized spacial score (nSPS) is 12.4. The number of hydrogen-bond acceptors (Lipinski definition) is 2. The molecular formula is C14H11NO. The van der Waals surface area contributed by atoms with E-state index in [0.717, 1.165) is 27.8 Å². The molecule has 0 saturated heterocycles. The molecule has 2 aromatic carbocycles. The van der Waals surface area contributed by atoms with Crippen molar-refractivity contribution in [1.29, 1.82) is 0 Å². The fourth-order valence-corrected chi connectivity index (χ4v) is 2.21. The van der Waals surface area contributed by atoms with Crippen molar-refractivity contribution in [2.24, 2.45) is 0 Å². The number of carbonyl (C=O) groups is 1. The molecule has 0 unspecified atom stereocenters. The van der Waals surface area contributed by atoms with Crippen molar-refractivity contribution >= 4 is 11.5 Å². The first-order valence-electron chi connectivity index (χ1n) is 5.22. The summed E-state index contributed by atoms with van der Waals surface area (Å²) in [7, 11) is 0. The molecule has 1 aliphatic rings. The lowest BCUT2D eigenvalue weighted by Crippen LogP contribution is -1.96. The first-order valence-corrected chi connectivity index (χ1v) is 5.22. The molecular weight excluding hydrogens is 198 g/mol. The van der Waals surface area contributed by atoms with Gasteiger partial charge in [0, 0.05) is 16.8 Å². The van der Waals surface area contributed by atoms with Crippen LogP contribution in [0.3, 0.4) is 0 Å². The number of hydrogen-bond donors (Lipinski definition) is 1. The molecule has 1 aliphatic carbocycles. The number of nitrogens with two attached hydrogens (primary N) is 1. The van der Waals surface area contributed by atoms with E-state index in [1.165, 1.54) is 0 Å². The number of rotatable bonds is 0. The second-order valence-corrected chi connectivity index (χ2v) is 4.18. The van der Waals surface area contributed by atoms with E-state index in [9.17, 15) is 4.79 Å². The first kappa shape index (κ1) is 9.16. The smallest absolute Gasteiger partial charge is 0.194 e. The number of carbonyl (C=O) groups excluding carboxylic acids is 1. The Hall–Kier alpha value is -2.09. The quantitative estimate of drug-likeness (QED) is 0.578. The summed E-state index contributed by atoms with van der Waals surface area (Å²) in [6.07, 6.45) is 0. The fraction of sp³-hybridized carbons (Fsp3) is 0.0714. The Morgan fingerprint density at radius 1 is 0.875 bits per heavy atom. The number of ketones is 1. The molecule has 2 nitrogen and oxygen atoms in total. The first-order chi connectivity index (χ1) is 7.66. The molecule has 0 amide bonds. The highest BCUT2D eigenvalue weighted by Crippen LogP contribution is 2.37. The standard InChI is InChI=1S/C14H11NO/c1-8-2-4-11-12(6-8)10-5-3-9(15)7-13(10)14(11)16/h2-7H,15H2,1H3. The van der Waals surface area contributed by atoms with Crippen LogP contribution in [0.5, 0.6) is 0 Å². The van der Waals surface area contributed by atoms with Crippen LogP contribution in [0.4, 0.5) is 5.69 Å². The minimum Gasteiger partial charge on any atom is -0.399 e. The number of aryl methyl sites for hydroxylation is 1. The van der Waals surface area contributed by atoms with Crippen molar-refractivity contribution in [3.05, 3.63) is 53.1 Å². The van der Waals surface area contributed by atoms with Crippen LogP contribution in [0.25, 0.3) is 11.1 Å². The lowest BCUT2D eigenvalue weighted by Gasteiger charge is -2.01. The van der Waals surface area contributed by atoms with Gasteiger partial charge in [-0.15, -0.1) is 0 Å². The van der Waals surface area contributed by atoms with Crippen LogP contribution < -0.4 is 5.73 Å². The molecule has 0 heterocycles. The van der Waals surface area contributed by atoms with E-state index >= 15 is 0 Å². The number of anilines is 1. The van der Waals surface area contributed by atoms with Crippen LogP contribution in [0.1, 0.15) is 21.5 Å². The third kappa shape index (κ3) is 1.10. The maximum atomic E-state index is 12.1. The molecule has 0 radical (unpaired) electrons. The Morgan fingerprint density at radius 2 is 1.62 bits per heavy atom. The van der Waals surface area contributed by atoms with Gasteiger partial charge in [0.2, 0.25) is 0 Å². The van der Waals surface area contributed by atoms with Gasteiger partial charge in [-0.25, -0.2) is 0 Å². The molecule has 3 rings (SSSR count). The molecule has 0 atom stereocenters. The van der Waals surface area contributed by atoms with Crippen LogP contribution in [0.15, 0.2) is 36.4 Å². The molecule has 0 aliphatic heterocycles. The highest BCUT2D eigenvalue weighted by molar-refractivity contribution is 6.22. The van der Waals surface area contributed by atoms with E-state index in [4.69, 9.17) is 5.73 Å². The molecule has 2 N–H and O–H groups in total. The van der Waals surface area contributed by atoms with Crippen LogP contribution in [0.2, 0.25) is 0 Å². The Balaban J connectivity index is 2.36. The molecule has 0 fully saturated rings. The van der Waals surface area contributed by atoms with Gasteiger partial charge < -0.3 is 5.73 Å². The molecule has 2 aromatic rings. The SMILES string of the molecule is Cc1ccc2c(c1)-c1ccc(N)cc1C2=O. The lowest BCUT2D eigenvalue weighted by atomic mass is 10.0. The summed E-state index contributed by atoms with van der Waals surface area (Å²) in [5.74, 6) is 0.0808. The fourth-order valence-electron chi connectivity index (χ4n) is 2.21. The van der Waals surface area contributed by atoms with Gasteiger partial charge in [0.15, 0.2) is 5.78 Å². The van der Waals surface area contributed by atoms with Gasteiger partial charge in [-0.2, -0.15) is 0 Å².